The molecule has 21 heavy (non-hydrogen) atoms. The lowest BCUT2D eigenvalue weighted by molar-refractivity contribution is -0.121. The first-order valence-electron chi connectivity index (χ1n) is 7.65. The fourth-order valence-electron chi connectivity index (χ4n) is 4.26. The minimum absolute atomic E-state index is 0.0924. The number of fused-ring (bicyclic) bond motifs is 1. The molecule has 2 aliphatic rings. The minimum atomic E-state index is -1.07. The van der Waals surface area contributed by atoms with Gasteiger partial charge in [0.2, 0.25) is 0 Å². The SMILES string of the molecule is CN1CCC(C2(O)c3ccc(F)c(F)c3CC2(C)C)CC1. The first-order valence-corrected chi connectivity index (χ1v) is 7.65. The average Bonchev–Trinajstić information content (AvgIpc) is 2.64. The van der Waals surface area contributed by atoms with E-state index in [1.807, 2.05) is 13.8 Å². The summed E-state index contributed by atoms with van der Waals surface area (Å²) in [5.74, 6) is -1.52. The molecule has 4 heteroatoms. The molecule has 1 fully saturated rings. The van der Waals surface area contributed by atoms with E-state index in [9.17, 15) is 13.9 Å². The molecule has 1 heterocycles. The number of aliphatic hydroxyl groups is 1. The van der Waals surface area contributed by atoms with Crippen LogP contribution in [0.1, 0.15) is 37.8 Å². The molecule has 116 valence electrons. The average molecular weight is 295 g/mol. The van der Waals surface area contributed by atoms with Crippen LogP contribution in [0.3, 0.4) is 0 Å². The molecule has 1 aliphatic heterocycles. The van der Waals surface area contributed by atoms with E-state index in [0.29, 0.717) is 17.5 Å². The van der Waals surface area contributed by atoms with Gasteiger partial charge in [-0.25, -0.2) is 8.78 Å². The molecule has 2 nitrogen and oxygen atoms in total. The molecule has 1 saturated heterocycles. The van der Waals surface area contributed by atoms with E-state index in [2.05, 4.69) is 11.9 Å². The quantitative estimate of drug-likeness (QED) is 0.860. The maximum Gasteiger partial charge on any atom is 0.162 e. The maximum atomic E-state index is 14.1. The van der Waals surface area contributed by atoms with Gasteiger partial charge in [-0.2, -0.15) is 0 Å². The molecular formula is C17H23F2NO. The monoisotopic (exact) mass is 295 g/mol. The molecule has 1 unspecified atom stereocenters. The molecule has 3 rings (SSSR count). The van der Waals surface area contributed by atoms with E-state index >= 15 is 0 Å². The Hall–Kier alpha value is -1.00. The summed E-state index contributed by atoms with van der Waals surface area (Å²) >= 11 is 0. The smallest absolute Gasteiger partial charge is 0.162 e. The van der Waals surface area contributed by atoms with Crippen molar-refractivity contribution in [1.82, 2.24) is 4.90 Å². The maximum absolute atomic E-state index is 14.1. The highest BCUT2D eigenvalue weighted by Gasteiger charge is 2.56. The van der Waals surface area contributed by atoms with Crippen LogP contribution in [0.4, 0.5) is 8.78 Å². The summed E-state index contributed by atoms with van der Waals surface area (Å²) in [5, 5.41) is 11.5. The molecule has 0 bridgehead atoms. The lowest BCUT2D eigenvalue weighted by Crippen LogP contribution is -2.49. The van der Waals surface area contributed by atoms with E-state index in [1.165, 1.54) is 0 Å². The summed E-state index contributed by atoms with van der Waals surface area (Å²) < 4.78 is 27.6. The van der Waals surface area contributed by atoms with Crippen LogP contribution in [0.15, 0.2) is 12.1 Å². The number of piperidine rings is 1. The van der Waals surface area contributed by atoms with Gasteiger partial charge >= 0.3 is 0 Å². The zero-order chi connectivity index (χ0) is 15.4. The Bertz CT molecular complexity index is 564. The van der Waals surface area contributed by atoms with Crippen molar-refractivity contribution in [3.05, 3.63) is 34.9 Å². The van der Waals surface area contributed by atoms with Gasteiger partial charge in [0, 0.05) is 5.41 Å². The number of hydrogen-bond acceptors (Lipinski definition) is 2. The largest absolute Gasteiger partial charge is 0.384 e. The number of likely N-dealkylation sites (tertiary alicyclic amines) is 1. The Labute approximate surface area is 124 Å². The van der Waals surface area contributed by atoms with Crippen molar-refractivity contribution in [3.8, 4) is 0 Å². The lowest BCUT2D eigenvalue weighted by atomic mass is 9.65. The molecule has 0 saturated carbocycles. The summed E-state index contributed by atoms with van der Waals surface area (Å²) in [6.45, 7) is 5.79. The first-order chi connectivity index (χ1) is 9.77. The lowest BCUT2D eigenvalue weighted by Gasteiger charge is -2.46. The van der Waals surface area contributed by atoms with E-state index < -0.39 is 22.7 Å². The zero-order valence-corrected chi connectivity index (χ0v) is 12.9. The van der Waals surface area contributed by atoms with E-state index in [1.54, 1.807) is 6.07 Å². The molecule has 0 spiro atoms. The second kappa shape index (κ2) is 4.75. The molecule has 0 radical (unpaired) electrons. The third-order valence-corrected chi connectivity index (χ3v) is 5.57. The van der Waals surface area contributed by atoms with Crippen molar-refractivity contribution < 1.29 is 13.9 Å². The fraction of sp³-hybridized carbons (Fsp3) is 0.647. The second-order valence-corrected chi connectivity index (χ2v) is 7.29. The fourth-order valence-corrected chi connectivity index (χ4v) is 4.26. The molecular weight excluding hydrogens is 272 g/mol. The summed E-state index contributed by atoms with van der Waals surface area (Å²) in [6.07, 6.45) is 2.15. The molecule has 1 aliphatic carbocycles. The third kappa shape index (κ3) is 2.03. The Morgan fingerprint density at radius 2 is 1.81 bits per heavy atom. The van der Waals surface area contributed by atoms with Crippen molar-refractivity contribution in [3.63, 3.8) is 0 Å². The van der Waals surface area contributed by atoms with Gasteiger partial charge in [-0.05, 0) is 62.5 Å². The van der Waals surface area contributed by atoms with Crippen LogP contribution in [0.2, 0.25) is 0 Å². The number of rotatable bonds is 1. The summed E-state index contributed by atoms with van der Waals surface area (Å²) in [6, 6.07) is 2.73. The standard InChI is InChI=1S/C17H23F2NO/c1-16(2)10-12-13(4-5-14(18)15(12)19)17(16,21)11-6-8-20(3)9-7-11/h4-5,11,21H,6-10H2,1-3H3. The van der Waals surface area contributed by atoms with Gasteiger partial charge < -0.3 is 10.0 Å². The number of nitrogens with zero attached hydrogens (tertiary/aromatic N) is 1. The highest BCUT2D eigenvalue weighted by atomic mass is 19.2. The second-order valence-electron chi connectivity index (χ2n) is 7.29. The van der Waals surface area contributed by atoms with Crippen LogP contribution < -0.4 is 0 Å². The molecule has 1 aromatic carbocycles. The zero-order valence-electron chi connectivity index (χ0n) is 12.9. The summed E-state index contributed by atoms with van der Waals surface area (Å²) in [5.41, 5.74) is -0.592. The third-order valence-electron chi connectivity index (χ3n) is 5.57. The Morgan fingerprint density at radius 3 is 2.43 bits per heavy atom. The van der Waals surface area contributed by atoms with Gasteiger partial charge in [0.15, 0.2) is 11.6 Å². The van der Waals surface area contributed by atoms with Crippen molar-refractivity contribution >= 4 is 0 Å². The van der Waals surface area contributed by atoms with Crippen molar-refractivity contribution in [1.29, 1.82) is 0 Å². The normalized spacial score (nSPS) is 29.6. The molecule has 0 amide bonds. The van der Waals surface area contributed by atoms with Crippen LogP contribution in [0.25, 0.3) is 0 Å². The van der Waals surface area contributed by atoms with Crippen molar-refractivity contribution in [2.24, 2.45) is 11.3 Å². The van der Waals surface area contributed by atoms with Crippen LogP contribution in [0, 0.1) is 23.0 Å². The number of benzene rings is 1. The van der Waals surface area contributed by atoms with Crippen molar-refractivity contribution in [2.75, 3.05) is 20.1 Å². The van der Waals surface area contributed by atoms with E-state index in [-0.39, 0.29) is 5.92 Å². The minimum Gasteiger partial charge on any atom is -0.384 e. The highest BCUT2D eigenvalue weighted by Crippen LogP contribution is 2.56. The number of hydrogen-bond donors (Lipinski definition) is 1. The van der Waals surface area contributed by atoms with Crippen LogP contribution >= 0.6 is 0 Å². The van der Waals surface area contributed by atoms with Crippen LogP contribution in [0.5, 0.6) is 0 Å². The highest BCUT2D eigenvalue weighted by molar-refractivity contribution is 5.42. The Morgan fingerprint density at radius 1 is 1.19 bits per heavy atom. The summed E-state index contributed by atoms with van der Waals surface area (Å²) in [4.78, 5) is 2.24. The van der Waals surface area contributed by atoms with Gasteiger partial charge in [-0.3, -0.25) is 0 Å². The van der Waals surface area contributed by atoms with Gasteiger partial charge in [0.05, 0.1) is 5.60 Å². The first kappa shape index (κ1) is 14.9. The molecule has 0 aromatic heterocycles. The van der Waals surface area contributed by atoms with E-state index in [0.717, 1.165) is 32.0 Å². The Balaban J connectivity index is 2.07. The van der Waals surface area contributed by atoms with Crippen LogP contribution in [-0.4, -0.2) is 30.1 Å². The summed E-state index contributed by atoms with van der Waals surface area (Å²) in [7, 11) is 2.07. The van der Waals surface area contributed by atoms with Crippen LogP contribution in [-0.2, 0) is 12.0 Å². The predicted molar refractivity (Wildman–Crippen MR) is 78.0 cm³/mol. The van der Waals surface area contributed by atoms with Gasteiger partial charge in [0.1, 0.15) is 0 Å². The van der Waals surface area contributed by atoms with Crippen molar-refractivity contribution in [2.45, 2.75) is 38.7 Å². The topological polar surface area (TPSA) is 23.5 Å². The van der Waals surface area contributed by atoms with Gasteiger partial charge in [0.25, 0.3) is 0 Å². The number of halogens is 2. The van der Waals surface area contributed by atoms with Gasteiger partial charge in [-0.15, -0.1) is 0 Å². The Kier molecular flexibility index (Phi) is 3.37. The van der Waals surface area contributed by atoms with E-state index in [4.69, 9.17) is 0 Å². The molecule has 1 atom stereocenters. The molecule has 1 aromatic rings. The predicted octanol–water partition coefficient (Wildman–Crippen LogP) is 3.08. The van der Waals surface area contributed by atoms with Gasteiger partial charge in [-0.1, -0.05) is 19.9 Å². The molecule has 1 N–H and O–H groups in total.